The maximum absolute atomic E-state index is 9.04. The van der Waals surface area contributed by atoms with Crippen molar-refractivity contribution >= 4 is 53.0 Å². The number of nitriles is 1. The Balaban J connectivity index is 1.58. The molecule has 1 fully saturated rings. The number of fused-ring (bicyclic) bond motifs is 2. The lowest BCUT2D eigenvalue weighted by molar-refractivity contribution is 0.0901. The second kappa shape index (κ2) is 10.0. The van der Waals surface area contributed by atoms with Crippen LogP contribution in [-0.2, 0) is 18.5 Å². The van der Waals surface area contributed by atoms with Gasteiger partial charge in [-0.1, -0.05) is 37.3 Å². The lowest BCUT2D eigenvalue weighted by Gasteiger charge is -2.35. The number of ether oxygens (including phenoxy) is 1. The molecule has 1 saturated carbocycles. The fourth-order valence-electron chi connectivity index (χ4n) is 5.03. The van der Waals surface area contributed by atoms with Crippen LogP contribution in [0.1, 0.15) is 19.3 Å². The van der Waals surface area contributed by atoms with Gasteiger partial charge in [-0.2, -0.15) is 10.4 Å². The zero-order valence-corrected chi connectivity index (χ0v) is 23.6. The largest absolute Gasteiger partial charge is 0.396 e. The van der Waals surface area contributed by atoms with E-state index in [1.807, 2.05) is 22.5 Å². The Labute approximate surface area is 223 Å². The van der Waals surface area contributed by atoms with Gasteiger partial charge in [0.1, 0.15) is 17.5 Å². The van der Waals surface area contributed by atoms with Gasteiger partial charge in [0.15, 0.2) is 0 Å². The number of hydrogen-bond donors (Lipinski definition) is 2. The molecule has 10 heteroatoms. The third-order valence-electron chi connectivity index (χ3n) is 7.25. The van der Waals surface area contributed by atoms with E-state index in [9.17, 15) is 0 Å². The van der Waals surface area contributed by atoms with Crippen LogP contribution in [0.4, 0.5) is 11.4 Å². The normalized spacial score (nSPS) is 17.7. The van der Waals surface area contributed by atoms with Crippen molar-refractivity contribution in [2.75, 3.05) is 17.7 Å². The highest BCUT2D eigenvalue weighted by atomic mass is 35.5. The van der Waals surface area contributed by atoms with E-state index in [0.29, 0.717) is 36.5 Å². The summed E-state index contributed by atoms with van der Waals surface area (Å²) in [6.45, 7) is 8.02. The van der Waals surface area contributed by atoms with E-state index in [-0.39, 0.29) is 6.04 Å². The van der Waals surface area contributed by atoms with Crippen molar-refractivity contribution in [3.05, 3.63) is 35.7 Å². The molecule has 3 heterocycles. The predicted octanol–water partition coefficient (Wildman–Crippen LogP) is 6.24. The van der Waals surface area contributed by atoms with Crippen LogP contribution in [0.15, 0.2) is 30.6 Å². The Morgan fingerprint density at radius 3 is 2.78 bits per heavy atom. The standard InChI is InChI=1S/C27H34ClN7OSi/c1-34-22-6-5-18(13-19(22)14-32-34)23-24-25(33-20-11-17(12-20)7-8-29)21(30)15-31-27(24)35(26(23)28)16-36-9-10-37(2,3)4/h5-6,13-15,17,20H,7,9-12,16,30H2,1-4H3,(H,31,33). The molecule has 194 valence electrons. The molecule has 8 nitrogen and oxygen atoms in total. The van der Waals surface area contributed by atoms with E-state index in [4.69, 9.17) is 32.3 Å². The van der Waals surface area contributed by atoms with Crippen molar-refractivity contribution in [2.45, 2.75) is 57.7 Å². The number of halogens is 1. The molecule has 1 aromatic carbocycles. The number of nitrogens with zero attached hydrogens (tertiary/aromatic N) is 5. The summed E-state index contributed by atoms with van der Waals surface area (Å²) in [5.41, 5.74) is 11.6. The summed E-state index contributed by atoms with van der Waals surface area (Å²) in [5, 5.41) is 19.6. The third kappa shape index (κ3) is 5.06. The van der Waals surface area contributed by atoms with E-state index in [1.54, 1.807) is 6.20 Å². The highest BCUT2D eigenvalue weighted by Crippen LogP contribution is 2.45. The minimum atomic E-state index is -1.22. The topological polar surface area (TPSA) is 107 Å². The van der Waals surface area contributed by atoms with Gasteiger partial charge in [-0.05, 0) is 42.5 Å². The van der Waals surface area contributed by atoms with Crippen molar-refractivity contribution in [1.82, 2.24) is 19.3 Å². The molecule has 5 rings (SSSR count). The van der Waals surface area contributed by atoms with E-state index in [2.05, 4.69) is 54.3 Å². The van der Waals surface area contributed by atoms with Gasteiger partial charge in [-0.25, -0.2) is 4.98 Å². The van der Waals surface area contributed by atoms with Crippen LogP contribution < -0.4 is 11.1 Å². The summed E-state index contributed by atoms with van der Waals surface area (Å²) in [6, 6.07) is 9.86. The fourth-order valence-corrected chi connectivity index (χ4v) is 6.12. The minimum absolute atomic E-state index is 0.259. The number of pyridine rings is 1. The highest BCUT2D eigenvalue weighted by molar-refractivity contribution is 6.76. The van der Waals surface area contributed by atoms with Crippen LogP contribution in [0.25, 0.3) is 33.1 Å². The molecule has 0 bridgehead atoms. The van der Waals surface area contributed by atoms with E-state index >= 15 is 0 Å². The summed E-state index contributed by atoms with van der Waals surface area (Å²) in [5.74, 6) is 0.432. The predicted molar refractivity (Wildman–Crippen MR) is 153 cm³/mol. The van der Waals surface area contributed by atoms with Crippen molar-refractivity contribution in [3.8, 4) is 17.2 Å². The van der Waals surface area contributed by atoms with Gasteiger partial charge >= 0.3 is 0 Å². The average molecular weight is 536 g/mol. The molecule has 3 N–H and O–H groups in total. The van der Waals surface area contributed by atoms with E-state index in [0.717, 1.165) is 57.6 Å². The number of benzene rings is 1. The molecular weight excluding hydrogens is 502 g/mol. The molecule has 4 aromatic rings. The molecule has 0 spiro atoms. The molecule has 0 radical (unpaired) electrons. The average Bonchev–Trinajstić information content (AvgIpc) is 3.32. The maximum Gasteiger partial charge on any atom is 0.145 e. The van der Waals surface area contributed by atoms with Crippen molar-refractivity contribution in [3.63, 3.8) is 0 Å². The molecule has 3 aromatic heterocycles. The third-order valence-corrected chi connectivity index (χ3v) is 9.35. The molecular formula is C27H34ClN7OSi. The van der Waals surface area contributed by atoms with Crippen molar-refractivity contribution < 1.29 is 4.74 Å². The van der Waals surface area contributed by atoms with Crippen LogP contribution in [0.5, 0.6) is 0 Å². The van der Waals surface area contributed by atoms with E-state index < -0.39 is 8.07 Å². The van der Waals surface area contributed by atoms with Crippen LogP contribution in [0, 0.1) is 17.2 Å². The van der Waals surface area contributed by atoms with Crippen LogP contribution >= 0.6 is 11.6 Å². The summed E-state index contributed by atoms with van der Waals surface area (Å²) in [6.07, 6.45) is 6.04. The summed E-state index contributed by atoms with van der Waals surface area (Å²) in [4.78, 5) is 4.72. The molecule has 0 saturated heterocycles. The molecule has 1 aliphatic carbocycles. The minimum Gasteiger partial charge on any atom is -0.396 e. The first-order valence-corrected chi connectivity index (χ1v) is 16.8. The Bertz CT molecular complexity index is 1490. The number of nitrogens with two attached hydrogens (primary N) is 1. The van der Waals surface area contributed by atoms with Gasteiger partial charge in [-0.3, -0.25) is 9.25 Å². The Hall–Kier alpha value is -3.06. The second-order valence-corrected chi connectivity index (χ2v) is 17.3. The number of nitrogen functional groups attached to an aromatic ring is 1. The number of hydrogen-bond acceptors (Lipinski definition) is 6. The molecule has 0 aliphatic heterocycles. The monoisotopic (exact) mass is 535 g/mol. The van der Waals surface area contributed by atoms with Crippen LogP contribution in [0.2, 0.25) is 30.8 Å². The van der Waals surface area contributed by atoms with Crippen LogP contribution in [-0.4, -0.2) is 40.1 Å². The fraction of sp³-hybridized carbons (Fsp3) is 0.444. The van der Waals surface area contributed by atoms with Gasteiger partial charge in [0.2, 0.25) is 0 Å². The SMILES string of the molecule is Cn1ncc2cc(-c3c(Cl)n(COCC[Si](C)(C)C)c4ncc(N)c(NC5CC(CC#N)C5)c34)ccc21. The first-order valence-electron chi connectivity index (χ1n) is 12.8. The number of rotatable bonds is 9. The second-order valence-electron chi connectivity index (χ2n) is 11.3. The van der Waals surface area contributed by atoms with Crippen LogP contribution in [0.3, 0.4) is 0 Å². The Morgan fingerprint density at radius 1 is 1.27 bits per heavy atom. The number of aryl methyl sites for hydroxylation is 1. The summed E-state index contributed by atoms with van der Waals surface area (Å²) < 4.78 is 9.91. The maximum atomic E-state index is 9.04. The van der Waals surface area contributed by atoms with Gasteiger partial charge in [0.05, 0.1) is 40.7 Å². The summed E-state index contributed by atoms with van der Waals surface area (Å²) >= 11 is 7.11. The molecule has 0 atom stereocenters. The highest BCUT2D eigenvalue weighted by Gasteiger charge is 2.31. The smallest absolute Gasteiger partial charge is 0.145 e. The molecule has 1 aliphatic rings. The number of nitrogens with one attached hydrogen (secondary N) is 1. The number of aromatic nitrogens is 4. The zero-order valence-electron chi connectivity index (χ0n) is 21.9. The Kier molecular flexibility index (Phi) is 6.92. The Morgan fingerprint density at radius 2 is 2.05 bits per heavy atom. The van der Waals surface area contributed by atoms with Crippen molar-refractivity contribution in [1.29, 1.82) is 5.26 Å². The number of anilines is 2. The molecule has 0 unspecified atom stereocenters. The summed E-state index contributed by atoms with van der Waals surface area (Å²) in [7, 11) is 0.718. The van der Waals surface area contributed by atoms with Gasteiger partial charge < -0.3 is 15.8 Å². The lowest BCUT2D eigenvalue weighted by atomic mass is 9.78. The molecule has 37 heavy (non-hydrogen) atoms. The zero-order chi connectivity index (χ0) is 26.3. The molecule has 0 amide bonds. The first-order chi connectivity index (χ1) is 17.7. The van der Waals surface area contributed by atoms with Crippen molar-refractivity contribution in [2.24, 2.45) is 13.0 Å². The quantitative estimate of drug-likeness (QED) is 0.194. The lowest BCUT2D eigenvalue weighted by Crippen LogP contribution is -2.35. The van der Waals surface area contributed by atoms with Gasteiger partial charge in [0.25, 0.3) is 0 Å². The van der Waals surface area contributed by atoms with E-state index in [1.165, 1.54) is 0 Å². The van der Waals surface area contributed by atoms with Gasteiger partial charge in [0, 0.05) is 45.1 Å². The first kappa shape index (κ1) is 25.6. The van der Waals surface area contributed by atoms with Gasteiger partial charge in [-0.15, -0.1) is 0 Å².